The van der Waals surface area contributed by atoms with Crippen LogP contribution in [0, 0.1) is 0 Å². The molecule has 0 unspecified atom stereocenters. The molecular formula is C36H50O9. The molecule has 0 bridgehead atoms. The molecule has 45 heavy (non-hydrogen) atoms. The zero-order chi connectivity index (χ0) is 32.9. The molecule has 0 fully saturated rings. The lowest BCUT2D eigenvalue weighted by molar-refractivity contribution is -0.138. The minimum Gasteiger partial charge on any atom is -0.497 e. The summed E-state index contributed by atoms with van der Waals surface area (Å²) < 4.78 is 27.8. The molecule has 0 N–H and O–H groups in total. The topological polar surface area (TPSA) is 114 Å². The van der Waals surface area contributed by atoms with Crippen LogP contribution >= 0.6 is 0 Å². The molecule has 0 saturated heterocycles. The van der Waals surface area contributed by atoms with Gasteiger partial charge in [0.1, 0.15) is 12.4 Å². The Morgan fingerprint density at radius 1 is 0.600 bits per heavy atom. The van der Waals surface area contributed by atoms with Gasteiger partial charge in [0.15, 0.2) is 11.5 Å². The Bertz CT molecular complexity index is 1170. The van der Waals surface area contributed by atoms with Gasteiger partial charge in [-0.1, -0.05) is 90.7 Å². The highest BCUT2D eigenvalue weighted by atomic mass is 16.6. The highest BCUT2D eigenvalue weighted by molar-refractivity contribution is 5.92. The van der Waals surface area contributed by atoms with Gasteiger partial charge in [0, 0.05) is 19.3 Å². The largest absolute Gasteiger partial charge is 0.497 e. The number of ether oxygens (including phenoxy) is 5. The van der Waals surface area contributed by atoms with E-state index in [1.54, 1.807) is 31.4 Å². The van der Waals surface area contributed by atoms with Crippen molar-refractivity contribution in [3.05, 3.63) is 47.5 Å². The van der Waals surface area contributed by atoms with Crippen molar-refractivity contribution in [3.63, 3.8) is 0 Å². The van der Waals surface area contributed by atoms with Crippen LogP contribution < -0.4 is 18.9 Å². The zero-order valence-corrected chi connectivity index (χ0v) is 27.5. The molecule has 248 valence electrons. The molecule has 0 aromatic heterocycles. The van der Waals surface area contributed by atoms with E-state index in [1.807, 2.05) is 0 Å². The molecule has 0 spiro atoms. The van der Waals surface area contributed by atoms with Gasteiger partial charge < -0.3 is 23.7 Å². The molecule has 2 aromatic carbocycles. The fourth-order valence-electron chi connectivity index (χ4n) is 4.54. The number of benzene rings is 2. The van der Waals surface area contributed by atoms with E-state index >= 15 is 0 Å². The van der Waals surface area contributed by atoms with E-state index in [1.165, 1.54) is 12.1 Å². The second-order valence-electron chi connectivity index (χ2n) is 11.1. The van der Waals surface area contributed by atoms with Crippen molar-refractivity contribution in [1.29, 1.82) is 0 Å². The molecule has 0 aliphatic carbocycles. The quantitative estimate of drug-likeness (QED) is 0.0719. The van der Waals surface area contributed by atoms with Crippen LogP contribution in [0.3, 0.4) is 0 Å². The van der Waals surface area contributed by atoms with Crippen LogP contribution in [0.15, 0.2) is 36.4 Å². The first-order valence-electron chi connectivity index (χ1n) is 16.4. The highest BCUT2D eigenvalue weighted by Crippen LogP contribution is 2.40. The molecule has 2 rings (SSSR count). The lowest BCUT2D eigenvalue weighted by atomic mass is 10.1. The molecule has 2 aromatic rings. The second-order valence-corrected chi connectivity index (χ2v) is 11.1. The zero-order valence-electron chi connectivity index (χ0n) is 27.5. The van der Waals surface area contributed by atoms with Gasteiger partial charge >= 0.3 is 23.9 Å². The number of esters is 4. The summed E-state index contributed by atoms with van der Waals surface area (Å²) >= 11 is 0. The van der Waals surface area contributed by atoms with E-state index in [-0.39, 0.29) is 48.7 Å². The Morgan fingerprint density at radius 2 is 1.09 bits per heavy atom. The van der Waals surface area contributed by atoms with Crippen LogP contribution in [0.4, 0.5) is 0 Å². The molecule has 0 heterocycles. The van der Waals surface area contributed by atoms with Crippen LogP contribution in [-0.4, -0.2) is 31.0 Å². The number of unbranched alkanes of at least 4 members (excludes halogenated alkanes) is 9. The van der Waals surface area contributed by atoms with Gasteiger partial charge in [0.2, 0.25) is 5.75 Å². The van der Waals surface area contributed by atoms with Crippen LogP contribution in [0.2, 0.25) is 0 Å². The standard InChI is InChI=1S/C36H50O9/c1-5-8-11-14-20-32(37)43-30-24-28(36(40)42-26-27-18-17-19-29(23-27)41-4)25-31(44-33(38)21-15-12-9-6-2)35(30)45-34(39)22-16-13-10-7-3/h17-19,23-25H,5-16,20-22,26H2,1-4H3. The van der Waals surface area contributed by atoms with Crippen LogP contribution in [0.25, 0.3) is 0 Å². The summed E-state index contributed by atoms with van der Waals surface area (Å²) in [5, 5.41) is 0. The predicted molar refractivity (Wildman–Crippen MR) is 172 cm³/mol. The van der Waals surface area contributed by atoms with E-state index < -0.39 is 23.9 Å². The Labute approximate surface area is 267 Å². The van der Waals surface area contributed by atoms with Gasteiger partial charge in [-0.15, -0.1) is 0 Å². The Kier molecular flexibility index (Phi) is 18.0. The lowest BCUT2D eigenvalue weighted by Gasteiger charge is -2.16. The second kappa shape index (κ2) is 21.8. The summed E-state index contributed by atoms with van der Waals surface area (Å²) in [5.41, 5.74) is 0.678. The Hall–Kier alpha value is -3.88. The van der Waals surface area contributed by atoms with Gasteiger partial charge in [-0.25, -0.2) is 4.79 Å². The molecule has 0 saturated carbocycles. The number of hydrogen-bond donors (Lipinski definition) is 0. The smallest absolute Gasteiger partial charge is 0.338 e. The maximum atomic E-state index is 13.2. The van der Waals surface area contributed by atoms with E-state index in [0.717, 1.165) is 57.8 Å². The number of carbonyl (C=O) groups excluding carboxylic acids is 4. The summed E-state index contributed by atoms with van der Waals surface area (Å²) in [5.74, 6) is -2.34. The van der Waals surface area contributed by atoms with Crippen LogP contribution in [0.5, 0.6) is 23.0 Å². The van der Waals surface area contributed by atoms with Crippen LogP contribution in [-0.2, 0) is 25.7 Å². The SMILES string of the molecule is CCCCCCC(=O)Oc1cc(C(=O)OCc2cccc(OC)c2)cc(OC(=O)CCCCCC)c1OC(=O)CCCCCC. The summed E-state index contributed by atoms with van der Waals surface area (Å²) in [7, 11) is 1.55. The number of carbonyl (C=O) groups is 4. The highest BCUT2D eigenvalue weighted by Gasteiger charge is 2.25. The fourth-order valence-corrected chi connectivity index (χ4v) is 4.54. The summed E-state index contributed by atoms with van der Waals surface area (Å²) in [6.07, 6.45) is 10.9. The van der Waals surface area contributed by atoms with Crippen molar-refractivity contribution in [2.75, 3.05) is 7.11 Å². The first-order chi connectivity index (χ1) is 21.8. The first-order valence-corrected chi connectivity index (χ1v) is 16.4. The van der Waals surface area contributed by atoms with Gasteiger partial charge in [0.05, 0.1) is 12.7 Å². The van der Waals surface area contributed by atoms with Crippen molar-refractivity contribution >= 4 is 23.9 Å². The minimum absolute atomic E-state index is 0.0248. The Balaban J connectivity index is 2.40. The third-order valence-electron chi connectivity index (χ3n) is 7.13. The average Bonchev–Trinajstić information content (AvgIpc) is 3.03. The molecule has 9 heteroatoms. The summed E-state index contributed by atoms with van der Waals surface area (Å²) in [6, 6.07) is 9.67. The van der Waals surface area contributed by atoms with Gasteiger partial charge in [0.25, 0.3) is 0 Å². The molecule has 0 amide bonds. The van der Waals surface area contributed by atoms with E-state index in [2.05, 4.69) is 20.8 Å². The third-order valence-corrected chi connectivity index (χ3v) is 7.13. The molecule has 9 nitrogen and oxygen atoms in total. The molecule has 0 aliphatic rings. The van der Waals surface area contributed by atoms with Crippen molar-refractivity contribution in [2.45, 2.75) is 124 Å². The molecular weight excluding hydrogens is 576 g/mol. The van der Waals surface area contributed by atoms with Gasteiger partial charge in [-0.2, -0.15) is 0 Å². The maximum absolute atomic E-state index is 13.2. The van der Waals surface area contributed by atoms with Crippen molar-refractivity contribution in [1.82, 2.24) is 0 Å². The Morgan fingerprint density at radius 3 is 1.56 bits per heavy atom. The van der Waals surface area contributed by atoms with Crippen molar-refractivity contribution in [2.24, 2.45) is 0 Å². The van der Waals surface area contributed by atoms with Crippen molar-refractivity contribution in [3.8, 4) is 23.0 Å². The van der Waals surface area contributed by atoms with E-state index in [4.69, 9.17) is 23.7 Å². The van der Waals surface area contributed by atoms with E-state index in [0.29, 0.717) is 30.6 Å². The van der Waals surface area contributed by atoms with Gasteiger partial charge in [-0.05, 0) is 49.1 Å². The monoisotopic (exact) mass is 626 g/mol. The first kappa shape index (κ1) is 37.3. The fraction of sp³-hybridized carbons (Fsp3) is 0.556. The lowest BCUT2D eigenvalue weighted by Crippen LogP contribution is -2.16. The number of rotatable bonds is 22. The van der Waals surface area contributed by atoms with E-state index in [9.17, 15) is 19.2 Å². The third kappa shape index (κ3) is 14.6. The number of hydrogen-bond acceptors (Lipinski definition) is 9. The number of methoxy groups -OCH3 is 1. The van der Waals surface area contributed by atoms with Crippen molar-refractivity contribution < 1.29 is 42.9 Å². The summed E-state index contributed by atoms with van der Waals surface area (Å²) in [4.78, 5) is 51.8. The average molecular weight is 627 g/mol. The summed E-state index contributed by atoms with van der Waals surface area (Å²) in [6.45, 7) is 6.18. The maximum Gasteiger partial charge on any atom is 0.338 e. The predicted octanol–water partition coefficient (Wildman–Crippen LogP) is 8.68. The molecule has 0 radical (unpaired) electrons. The van der Waals surface area contributed by atoms with Gasteiger partial charge in [-0.3, -0.25) is 14.4 Å². The minimum atomic E-state index is -0.740. The molecule has 0 aliphatic heterocycles. The normalized spacial score (nSPS) is 10.7. The van der Waals surface area contributed by atoms with Crippen LogP contribution in [0.1, 0.15) is 133 Å². The molecule has 0 atom stereocenters.